The number of anilines is 1. The third kappa shape index (κ3) is 3.39. The van der Waals surface area contributed by atoms with E-state index in [1.165, 1.54) is 6.92 Å². The van der Waals surface area contributed by atoms with Crippen LogP contribution in [0.2, 0.25) is 0 Å². The van der Waals surface area contributed by atoms with Gasteiger partial charge >= 0.3 is 0 Å². The minimum Gasteiger partial charge on any atom is -0.398 e. The van der Waals surface area contributed by atoms with Crippen molar-refractivity contribution in [2.75, 3.05) is 18.9 Å². The molecule has 0 saturated carbocycles. The van der Waals surface area contributed by atoms with E-state index in [1.54, 1.807) is 0 Å². The average Bonchev–Trinajstić information content (AvgIpc) is 2.32. The molecule has 0 radical (unpaired) electrons. The van der Waals surface area contributed by atoms with Crippen molar-refractivity contribution in [3.05, 3.63) is 23.5 Å². The first-order chi connectivity index (χ1) is 8.27. The largest absolute Gasteiger partial charge is 0.398 e. The first-order valence-electron chi connectivity index (χ1n) is 5.12. The van der Waals surface area contributed by atoms with Crippen LogP contribution in [0.5, 0.6) is 0 Å². The molecular formula is C10H15FN2O4S. The van der Waals surface area contributed by atoms with E-state index in [2.05, 4.69) is 0 Å². The highest BCUT2D eigenvalue weighted by Gasteiger charge is 2.18. The zero-order chi connectivity index (χ0) is 13.9. The van der Waals surface area contributed by atoms with E-state index < -0.39 is 28.6 Å². The summed E-state index contributed by atoms with van der Waals surface area (Å²) in [7, 11) is -3.97. The Morgan fingerprint density at radius 2 is 2.11 bits per heavy atom. The monoisotopic (exact) mass is 278 g/mol. The van der Waals surface area contributed by atoms with E-state index in [0.717, 1.165) is 12.1 Å². The molecule has 0 saturated heterocycles. The molecule has 0 aliphatic carbocycles. The van der Waals surface area contributed by atoms with Gasteiger partial charge in [-0.25, -0.2) is 17.5 Å². The normalized spacial score (nSPS) is 13.6. The number of aliphatic hydroxyl groups is 2. The van der Waals surface area contributed by atoms with Crippen LogP contribution in [0.25, 0.3) is 0 Å². The van der Waals surface area contributed by atoms with E-state index >= 15 is 0 Å². The van der Waals surface area contributed by atoms with Crippen molar-refractivity contribution >= 4 is 15.7 Å². The predicted octanol–water partition coefficient (Wildman–Crippen LogP) is -0.652. The zero-order valence-electron chi connectivity index (χ0n) is 9.72. The van der Waals surface area contributed by atoms with Crippen LogP contribution >= 0.6 is 0 Å². The van der Waals surface area contributed by atoms with Crippen LogP contribution in [-0.2, 0) is 10.0 Å². The fraction of sp³-hybridized carbons (Fsp3) is 0.400. The van der Waals surface area contributed by atoms with Crippen LogP contribution < -0.4 is 10.5 Å². The summed E-state index contributed by atoms with van der Waals surface area (Å²) >= 11 is 0. The fourth-order valence-electron chi connectivity index (χ4n) is 1.18. The van der Waals surface area contributed by atoms with Gasteiger partial charge in [0.05, 0.1) is 17.6 Å². The first-order valence-corrected chi connectivity index (χ1v) is 6.60. The molecule has 0 aromatic heterocycles. The molecule has 18 heavy (non-hydrogen) atoms. The lowest BCUT2D eigenvalue weighted by molar-refractivity contribution is 0.0988. The minimum atomic E-state index is -3.97. The van der Waals surface area contributed by atoms with Gasteiger partial charge in [0.15, 0.2) is 0 Å². The second-order valence-electron chi connectivity index (χ2n) is 3.81. The van der Waals surface area contributed by atoms with Gasteiger partial charge in [0.25, 0.3) is 0 Å². The number of hydrogen-bond donors (Lipinski definition) is 4. The van der Waals surface area contributed by atoms with Crippen LogP contribution in [-0.4, -0.2) is 37.9 Å². The van der Waals surface area contributed by atoms with Crippen molar-refractivity contribution in [1.29, 1.82) is 0 Å². The van der Waals surface area contributed by atoms with Crippen molar-refractivity contribution in [3.63, 3.8) is 0 Å². The Morgan fingerprint density at radius 3 is 2.61 bits per heavy atom. The van der Waals surface area contributed by atoms with Crippen molar-refractivity contribution in [3.8, 4) is 0 Å². The maximum Gasteiger partial charge on any atom is 0.240 e. The van der Waals surface area contributed by atoms with Gasteiger partial charge in [-0.15, -0.1) is 0 Å². The molecule has 1 unspecified atom stereocenters. The zero-order valence-corrected chi connectivity index (χ0v) is 10.5. The number of aliphatic hydroxyl groups excluding tert-OH is 2. The quantitative estimate of drug-likeness (QED) is 0.535. The van der Waals surface area contributed by atoms with Gasteiger partial charge in [0.1, 0.15) is 5.82 Å². The van der Waals surface area contributed by atoms with Gasteiger partial charge in [-0.2, -0.15) is 0 Å². The molecule has 1 atom stereocenters. The van der Waals surface area contributed by atoms with Crippen LogP contribution in [0.4, 0.5) is 10.1 Å². The molecule has 0 bridgehead atoms. The predicted molar refractivity (Wildman–Crippen MR) is 63.8 cm³/mol. The molecule has 0 fully saturated rings. The molecule has 1 rings (SSSR count). The van der Waals surface area contributed by atoms with Crippen molar-refractivity contribution in [2.45, 2.75) is 17.9 Å². The molecule has 102 valence electrons. The van der Waals surface area contributed by atoms with Gasteiger partial charge in [0, 0.05) is 17.8 Å². The van der Waals surface area contributed by atoms with Gasteiger partial charge < -0.3 is 15.9 Å². The average molecular weight is 278 g/mol. The van der Waals surface area contributed by atoms with Crippen molar-refractivity contribution in [2.24, 2.45) is 0 Å². The summed E-state index contributed by atoms with van der Waals surface area (Å²) in [5.74, 6) is -0.724. The first kappa shape index (κ1) is 14.8. The van der Waals surface area contributed by atoms with E-state index in [0.29, 0.717) is 0 Å². The summed E-state index contributed by atoms with van der Waals surface area (Å²) in [4.78, 5) is -0.326. The Hall–Kier alpha value is -1.22. The number of hydrogen-bond acceptors (Lipinski definition) is 5. The lowest BCUT2D eigenvalue weighted by atomic mass is 10.2. The molecule has 1 aromatic carbocycles. The highest BCUT2D eigenvalue weighted by atomic mass is 32.2. The second kappa shape index (κ2) is 5.61. The molecule has 0 aliphatic rings. The van der Waals surface area contributed by atoms with Crippen molar-refractivity contribution in [1.82, 2.24) is 4.72 Å². The van der Waals surface area contributed by atoms with Crippen LogP contribution in [0.15, 0.2) is 17.0 Å². The number of rotatable bonds is 5. The molecule has 0 spiro atoms. The molecule has 8 heteroatoms. The topological polar surface area (TPSA) is 113 Å². The SMILES string of the molecule is Cc1c(N)cc(S(=O)(=O)NCC(O)CO)cc1F. The Bertz CT molecular complexity index is 510. The summed E-state index contributed by atoms with van der Waals surface area (Å²) in [5, 5.41) is 17.6. The van der Waals surface area contributed by atoms with Gasteiger partial charge in [-0.3, -0.25) is 0 Å². The van der Waals surface area contributed by atoms with E-state index in [1.807, 2.05) is 4.72 Å². The van der Waals surface area contributed by atoms with Gasteiger partial charge in [0.2, 0.25) is 10.0 Å². The molecule has 1 aromatic rings. The minimum absolute atomic E-state index is 0.0260. The smallest absolute Gasteiger partial charge is 0.240 e. The molecule has 5 N–H and O–H groups in total. The lowest BCUT2D eigenvalue weighted by Gasteiger charge is -2.11. The number of sulfonamides is 1. The van der Waals surface area contributed by atoms with Gasteiger partial charge in [-0.1, -0.05) is 0 Å². The summed E-state index contributed by atoms with van der Waals surface area (Å²) in [6, 6.07) is 1.98. The Labute approximate surface area is 104 Å². The molecule has 0 heterocycles. The van der Waals surface area contributed by atoms with Crippen LogP contribution in [0.3, 0.4) is 0 Å². The third-order valence-electron chi connectivity index (χ3n) is 2.39. The molecule has 0 aliphatic heterocycles. The van der Waals surface area contributed by atoms with E-state index in [-0.39, 0.29) is 22.7 Å². The summed E-state index contributed by atoms with van der Waals surface area (Å²) < 4.78 is 38.9. The number of nitrogen functional groups attached to an aromatic ring is 1. The standard InChI is InChI=1S/C10H15FN2O4S/c1-6-9(11)2-8(3-10(6)12)18(16,17)13-4-7(15)5-14/h2-3,7,13-15H,4-5,12H2,1H3. The fourth-order valence-corrected chi connectivity index (χ4v) is 2.30. The Kier molecular flexibility index (Phi) is 4.63. The maximum atomic E-state index is 13.4. The van der Waals surface area contributed by atoms with E-state index in [9.17, 15) is 12.8 Å². The summed E-state index contributed by atoms with van der Waals surface area (Å²) in [6.45, 7) is 0.491. The Morgan fingerprint density at radius 1 is 1.50 bits per heavy atom. The molecular weight excluding hydrogens is 263 g/mol. The number of nitrogens with one attached hydrogen (secondary N) is 1. The number of halogens is 1. The summed E-state index contributed by atoms with van der Waals surface area (Å²) in [5.41, 5.74) is 5.68. The second-order valence-corrected chi connectivity index (χ2v) is 5.57. The molecule has 0 amide bonds. The number of nitrogens with two attached hydrogens (primary N) is 1. The van der Waals surface area contributed by atoms with Crippen molar-refractivity contribution < 1.29 is 23.0 Å². The Balaban J connectivity index is 2.99. The molecule has 6 nitrogen and oxygen atoms in total. The highest BCUT2D eigenvalue weighted by Crippen LogP contribution is 2.20. The maximum absolute atomic E-state index is 13.4. The van der Waals surface area contributed by atoms with Crippen LogP contribution in [0, 0.1) is 12.7 Å². The third-order valence-corrected chi connectivity index (χ3v) is 3.79. The summed E-state index contributed by atoms with van der Waals surface area (Å²) in [6.07, 6.45) is -1.22. The number of benzene rings is 1. The van der Waals surface area contributed by atoms with Crippen LogP contribution in [0.1, 0.15) is 5.56 Å². The highest BCUT2D eigenvalue weighted by molar-refractivity contribution is 7.89. The van der Waals surface area contributed by atoms with E-state index in [4.69, 9.17) is 15.9 Å². The lowest BCUT2D eigenvalue weighted by Crippen LogP contribution is -2.34. The van der Waals surface area contributed by atoms with Gasteiger partial charge in [-0.05, 0) is 19.1 Å².